The number of aromatic amines is 1. The Labute approximate surface area is 99.3 Å². The van der Waals surface area contributed by atoms with Crippen molar-refractivity contribution in [1.82, 2.24) is 9.55 Å². The second kappa shape index (κ2) is 4.45. The molecule has 0 spiro atoms. The molecule has 1 N–H and O–H groups in total. The molecular formula is C11H17ClN2O2. The molecule has 16 heavy (non-hydrogen) atoms. The molecule has 0 saturated carbocycles. The van der Waals surface area contributed by atoms with Crippen LogP contribution in [0, 0.1) is 11.3 Å². The summed E-state index contributed by atoms with van der Waals surface area (Å²) in [5.74, 6) is 0.215. The standard InChI is InChI=1S/C11H17ClN2O2/c1-7(11(2,3)4)6-14-9(15)5-8(12)13-10(14)16/h5,7H,6H2,1-4H3,(H,13,16). The first-order valence-electron chi connectivity index (χ1n) is 5.21. The van der Waals surface area contributed by atoms with E-state index in [1.54, 1.807) is 0 Å². The van der Waals surface area contributed by atoms with Gasteiger partial charge in [0.2, 0.25) is 0 Å². The van der Waals surface area contributed by atoms with Gasteiger partial charge in [0.15, 0.2) is 0 Å². The van der Waals surface area contributed by atoms with Crippen LogP contribution in [0.15, 0.2) is 15.7 Å². The molecule has 1 aromatic rings. The molecule has 1 heterocycles. The summed E-state index contributed by atoms with van der Waals surface area (Å²) in [7, 11) is 0. The molecule has 0 radical (unpaired) electrons. The van der Waals surface area contributed by atoms with Crippen LogP contribution in [-0.4, -0.2) is 9.55 Å². The summed E-state index contributed by atoms with van der Waals surface area (Å²) in [4.78, 5) is 25.5. The minimum Gasteiger partial charge on any atom is -0.298 e. The molecule has 1 unspecified atom stereocenters. The first kappa shape index (κ1) is 13.0. The minimum atomic E-state index is -0.450. The van der Waals surface area contributed by atoms with Crippen molar-refractivity contribution in [2.24, 2.45) is 11.3 Å². The highest BCUT2D eigenvalue weighted by Crippen LogP contribution is 2.25. The van der Waals surface area contributed by atoms with E-state index < -0.39 is 5.69 Å². The van der Waals surface area contributed by atoms with Gasteiger partial charge in [-0.25, -0.2) is 4.79 Å². The summed E-state index contributed by atoms with van der Waals surface area (Å²) >= 11 is 5.58. The highest BCUT2D eigenvalue weighted by Gasteiger charge is 2.21. The third-order valence-electron chi connectivity index (χ3n) is 2.92. The summed E-state index contributed by atoms with van der Waals surface area (Å²) < 4.78 is 1.18. The van der Waals surface area contributed by atoms with Crippen molar-refractivity contribution >= 4 is 11.6 Å². The molecule has 0 aliphatic carbocycles. The molecule has 0 aromatic carbocycles. The topological polar surface area (TPSA) is 54.9 Å². The third-order valence-corrected chi connectivity index (χ3v) is 3.13. The van der Waals surface area contributed by atoms with E-state index in [1.165, 1.54) is 10.6 Å². The zero-order valence-corrected chi connectivity index (χ0v) is 10.8. The van der Waals surface area contributed by atoms with Crippen LogP contribution < -0.4 is 11.2 Å². The first-order valence-corrected chi connectivity index (χ1v) is 5.59. The Hall–Kier alpha value is -1.03. The quantitative estimate of drug-likeness (QED) is 0.808. The summed E-state index contributed by atoms with van der Waals surface area (Å²) in [6, 6.07) is 1.22. The van der Waals surface area contributed by atoms with Crippen molar-refractivity contribution in [3.8, 4) is 0 Å². The lowest BCUT2D eigenvalue weighted by Gasteiger charge is -2.27. The molecule has 0 saturated heterocycles. The molecule has 90 valence electrons. The first-order chi connectivity index (χ1) is 7.21. The van der Waals surface area contributed by atoms with E-state index >= 15 is 0 Å². The Balaban J connectivity index is 3.08. The Morgan fingerprint density at radius 3 is 2.44 bits per heavy atom. The van der Waals surface area contributed by atoms with Gasteiger partial charge in [0.25, 0.3) is 5.56 Å². The lowest BCUT2D eigenvalue weighted by atomic mass is 9.82. The van der Waals surface area contributed by atoms with Crippen molar-refractivity contribution in [3.63, 3.8) is 0 Å². The molecule has 0 aliphatic heterocycles. The lowest BCUT2D eigenvalue weighted by molar-refractivity contribution is 0.228. The summed E-state index contributed by atoms with van der Waals surface area (Å²) in [6.07, 6.45) is 0. The van der Waals surface area contributed by atoms with Crippen LogP contribution in [0.25, 0.3) is 0 Å². The number of rotatable bonds is 2. The largest absolute Gasteiger partial charge is 0.329 e. The van der Waals surface area contributed by atoms with Crippen molar-refractivity contribution in [1.29, 1.82) is 0 Å². The van der Waals surface area contributed by atoms with Crippen LogP contribution in [0.5, 0.6) is 0 Å². The van der Waals surface area contributed by atoms with Gasteiger partial charge in [0.05, 0.1) is 0 Å². The number of nitrogens with zero attached hydrogens (tertiary/aromatic N) is 1. The normalized spacial score (nSPS) is 13.8. The minimum absolute atomic E-state index is 0.0471. The maximum atomic E-state index is 11.6. The third kappa shape index (κ3) is 2.98. The van der Waals surface area contributed by atoms with Crippen molar-refractivity contribution in [3.05, 3.63) is 32.1 Å². The molecular weight excluding hydrogens is 228 g/mol. The molecule has 0 bridgehead atoms. The van der Waals surface area contributed by atoms with Gasteiger partial charge in [-0.2, -0.15) is 0 Å². The predicted molar refractivity (Wildman–Crippen MR) is 65.0 cm³/mol. The zero-order chi connectivity index (χ0) is 12.5. The van der Waals surface area contributed by atoms with Gasteiger partial charge in [-0.3, -0.25) is 14.3 Å². The van der Waals surface area contributed by atoms with Gasteiger partial charge in [-0.05, 0) is 11.3 Å². The summed E-state index contributed by atoms with van der Waals surface area (Å²) in [5, 5.41) is 0.0784. The Morgan fingerprint density at radius 1 is 1.44 bits per heavy atom. The second-order valence-corrected chi connectivity index (χ2v) is 5.55. The average molecular weight is 245 g/mol. The summed E-state index contributed by atoms with van der Waals surface area (Å²) in [5.41, 5.74) is -0.760. The van der Waals surface area contributed by atoms with Gasteiger partial charge >= 0.3 is 5.69 Å². The van der Waals surface area contributed by atoms with Crippen LogP contribution in [0.3, 0.4) is 0 Å². The maximum Gasteiger partial charge on any atom is 0.329 e. The Bertz CT molecular complexity index is 451. The van der Waals surface area contributed by atoms with E-state index in [1.807, 2.05) is 6.92 Å². The van der Waals surface area contributed by atoms with E-state index in [0.29, 0.717) is 6.54 Å². The number of nitrogens with one attached hydrogen (secondary N) is 1. The molecule has 5 heteroatoms. The lowest BCUT2D eigenvalue weighted by Crippen LogP contribution is -2.38. The van der Waals surface area contributed by atoms with E-state index in [2.05, 4.69) is 25.8 Å². The van der Waals surface area contributed by atoms with Crippen LogP contribution >= 0.6 is 11.6 Å². The summed E-state index contributed by atoms with van der Waals surface area (Å²) in [6.45, 7) is 8.64. The fourth-order valence-electron chi connectivity index (χ4n) is 1.21. The molecule has 0 fully saturated rings. The fraction of sp³-hybridized carbons (Fsp3) is 0.636. The van der Waals surface area contributed by atoms with Crippen LogP contribution in [0.2, 0.25) is 5.15 Å². The molecule has 1 rings (SSSR count). The Morgan fingerprint density at radius 2 is 2.00 bits per heavy atom. The van der Waals surface area contributed by atoms with Gasteiger partial charge in [0.1, 0.15) is 5.15 Å². The number of halogens is 1. The Kier molecular flexibility index (Phi) is 3.63. The van der Waals surface area contributed by atoms with Crippen molar-refractivity contribution in [2.75, 3.05) is 0 Å². The van der Waals surface area contributed by atoms with Gasteiger partial charge in [-0.1, -0.05) is 39.3 Å². The smallest absolute Gasteiger partial charge is 0.298 e. The average Bonchev–Trinajstić information content (AvgIpc) is 2.08. The number of hydrogen-bond acceptors (Lipinski definition) is 2. The highest BCUT2D eigenvalue weighted by molar-refractivity contribution is 6.29. The highest BCUT2D eigenvalue weighted by atomic mass is 35.5. The predicted octanol–water partition coefficient (Wildman–Crippen LogP) is 1.87. The zero-order valence-electron chi connectivity index (χ0n) is 10.0. The van der Waals surface area contributed by atoms with Crippen LogP contribution in [-0.2, 0) is 6.54 Å². The van der Waals surface area contributed by atoms with Crippen LogP contribution in [0.1, 0.15) is 27.7 Å². The van der Waals surface area contributed by atoms with Gasteiger partial charge in [-0.15, -0.1) is 0 Å². The van der Waals surface area contributed by atoms with Gasteiger partial charge < -0.3 is 0 Å². The van der Waals surface area contributed by atoms with Crippen molar-refractivity contribution in [2.45, 2.75) is 34.2 Å². The van der Waals surface area contributed by atoms with E-state index in [0.717, 1.165) is 0 Å². The number of aromatic nitrogens is 2. The monoisotopic (exact) mass is 244 g/mol. The fourth-order valence-corrected chi connectivity index (χ4v) is 1.39. The number of H-pyrrole nitrogens is 1. The molecule has 1 aromatic heterocycles. The number of hydrogen-bond donors (Lipinski definition) is 1. The van der Waals surface area contributed by atoms with E-state index in [4.69, 9.17) is 11.6 Å². The van der Waals surface area contributed by atoms with E-state index in [9.17, 15) is 9.59 Å². The van der Waals surface area contributed by atoms with Crippen LogP contribution in [0.4, 0.5) is 0 Å². The molecule has 0 amide bonds. The molecule has 1 atom stereocenters. The molecule has 0 aliphatic rings. The van der Waals surface area contributed by atoms with Crippen molar-refractivity contribution < 1.29 is 0 Å². The maximum absolute atomic E-state index is 11.6. The van der Waals surface area contributed by atoms with E-state index in [-0.39, 0.29) is 22.0 Å². The second-order valence-electron chi connectivity index (χ2n) is 5.14. The van der Waals surface area contributed by atoms with Gasteiger partial charge in [0, 0.05) is 12.6 Å². The SMILES string of the molecule is CC(Cn1c(=O)cc(Cl)[nH]c1=O)C(C)(C)C. The molecule has 4 nitrogen and oxygen atoms in total.